The summed E-state index contributed by atoms with van der Waals surface area (Å²) in [4.78, 5) is 5.36. The number of aryl methyl sites for hydroxylation is 3. The fourth-order valence-electron chi connectivity index (χ4n) is 4.10. The zero-order chi connectivity index (χ0) is 21.8. The number of hydrogen-bond donors (Lipinski definition) is 0. The minimum atomic E-state index is 0.234. The van der Waals surface area contributed by atoms with Crippen LogP contribution in [0.4, 0.5) is 0 Å². The van der Waals surface area contributed by atoms with E-state index in [2.05, 4.69) is 113 Å². The second-order valence-electron chi connectivity index (χ2n) is 8.61. The molecule has 4 aromatic carbocycles. The van der Waals surface area contributed by atoms with Gasteiger partial charge in [0.25, 0.3) is 0 Å². The highest BCUT2D eigenvalue weighted by Crippen LogP contribution is 2.22. The van der Waals surface area contributed by atoms with Gasteiger partial charge in [-0.15, -0.1) is 0 Å². The van der Waals surface area contributed by atoms with Gasteiger partial charge in [-0.25, -0.2) is 0 Å². The normalized spacial score (nSPS) is 12.8. The molecule has 0 aliphatic carbocycles. The van der Waals surface area contributed by atoms with Crippen molar-refractivity contribution < 1.29 is 0 Å². The van der Waals surface area contributed by atoms with E-state index in [-0.39, 0.29) is 6.04 Å². The molecular formula is C30H31N. The van der Waals surface area contributed by atoms with E-state index in [1.165, 1.54) is 44.2 Å². The molecular weight excluding hydrogens is 374 g/mol. The third kappa shape index (κ3) is 4.94. The number of benzene rings is 4. The van der Waals surface area contributed by atoms with Crippen molar-refractivity contribution in [3.8, 4) is 0 Å². The van der Waals surface area contributed by atoms with Gasteiger partial charge in [0.2, 0.25) is 0 Å². The van der Waals surface area contributed by atoms with Crippen molar-refractivity contribution in [3.63, 3.8) is 0 Å². The molecule has 1 unspecified atom stereocenters. The molecule has 1 nitrogen and oxygen atoms in total. The van der Waals surface area contributed by atoms with Crippen molar-refractivity contribution in [1.82, 2.24) is 0 Å². The Morgan fingerprint density at radius 1 is 0.742 bits per heavy atom. The van der Waals surface area contributed by atoms with Gasteiger partial charge in [0.1, 0.15) is 0 Å². The first kappa shape index (κ1) is 21.1. The Hall–Kier alpha value is -3.19. The molecule has 1 heteroatoms. The van der Waals surface area contributed by atoms with Crippen LogP contribution in [0.25, 0.3) is 10.8 Å². The molecule has 0 spiro atoms. The summed E-state index contributed by atoms with van der Waals surface area (Å²) in [6.45, 7) is 8.71. The van der Waals surface area contributed by atoms with Gasteiger partial charge in [0.15, 0.2) is 0 Å². The lowest BCUT2D eigenvalue weighted by Gasteiger charge is -2.17. The fourth-order valence-corrected chi connectivity index (χ4v) is 4.10. The Bertz CT molecular complexity index is 1210. The van der Waals surface area contributed by atoms with Gasteiger partial charge in [-0.1, -0.05) is 96.9 Å². The van der Waals surface area contributed by atoms with Gasteiger partial charge in [0, 0.05) is 11.1 Å². The van der Waals surface area contributed by atoms with E-state index >= 15 is 0 Å². The first-order chi connectivity index (χ1) is 15.0. The molecule has 0 bridgehead atoms. The van der Waals surface area contributed by atoms with E-state index in [0.717, 1.165) is 18.6 Å². The van der Waals surface area contributed by atoms with Crippen LogP contribution >= 0.6 is 0 Å². The smallest absolute Gasteiger partial charge is 0.0725 e. The molecule has 0 heterocycles. The number of hydrogen-bond acceptors (Lipinski definition) is 1. The predicted molar refractivity (Wildman–Crippen MR) is 134 cm³/mol. The first-order valence-corrected chi connectivity index (χ1v) is 11.2. The van der Waals surface area contributed by atoms with Crippen molar-refractivity contribution in [2.75, 3.05) is 0 Å². The summed E-state index contributed by atoms with van der Waals surface area (Å²) < 4.78 is 0. The number of fused-ring (bicyclic) bond motifs is 1. The maximum atomic E-state index is 5.36. The van der Waals surface area contributed by atoms with Crippen LogP contribution < -0.4 is 0 Å². The fraction of sp³-hybridized carbons (Fsp3) is 0.233. The van der Waals surface area contributed by atoms with E-state index in [0.29, 0.717) is 0 Å². The van der Waals surface area contributed by atoms with Crippen molar-refractivity contribution >= 4 is 16.5 Å². The summed E-state index contributed by atoms with van der Waals surface area (Å²) in [7, 11) is 0. The minimum Gasteiger partial charge on any atom is -0.280 e. The molecule has 31 heavy (non-hydrogen) atoms. The molecule has 0 saturated heterocycles. The molecule has 0 aromatic heterocycles. The Balaban J connectivity index is 1.75. The van der Waals surface area contributed by atoms with Crippen LogP contribution in [0.5, 0.6) is 0 Å². The Morgan fingerprint density at radius 2 is 1.45 bits per heavy atom. The molecule has 1 atom stereocenters. The monoisotopic (exact) mass is 405 g/mol. The third-order valence-corrected chi connectivity index (χ3v) is 6.04. The topological polar surface area (TPSA) is 12.4 Å². The molecule has 0 aliphatic heterocycles. The Morgan fingerprint density at radius 3 is 2.19 bits per heavy atom. The van der Waals surface area contributed by atoms with Gasteiger partial charge in [0.05, 0.1) is 11.8 Å². The lowest BCUT2D eigenvalue weighted by atomic mass is 9.94. The summed E-state index contributed by atoms with van der Waals surface area (Å²) in [6.07, 6.45) is 1.95. The second-order valence-corrected chi connectivity index (χ2v) is 8.61. The van der Waals surface area contributed by atoms with Crippen LogP contribution in [0.3, 0.4) is 0 Å². The molecule has 4 aromatic rings. The van der Waals surface area contributed by atoms with E-state index in [1.807, 2.05) is 0 Å². The highest BCUT2D eigenvalue weighted by Gasteiger charge is 2.14. The van der Waals surface area contributed by atoms with Crippen molar-refractivity contribution in [2.45, 2.75) is 46.6 Å². The average Bonchev–Trinajstić information content (AvgIpc) is 2.79. The first-order valence-electron chi connectivity index (χ1n) is 11.2. The van der Waals surface area contributed by atoms with Crippen molar-refractivity contribution in [2.24, 2.45) is 4.99 Å². The molecule has 156 valence electrons. The Labute approximate surface area is 186 Å². The van der Waals surface area contributed by atoms with E-state index in [9.17, 15) is 0 Å². The Kier molecular flexibility index (Phi) is 6.32. The molecule has 0 radical (unpaired) electrons. The summed E-state index contributed by atoms with van der Waals surface area (Å²) in [6, 6.07) is 31.0. The van der Waals surface area contributed by atoms with E-state index in [1.54, 1.807) is 0 Å². The van der Waals surface area contributed by atoms with Gasteiger partial charge in [-0.3, -0.25) is 4.99 Å². The van der Waals surface area contributed by atoms with Crippen LogP contribution in [0, 0.1) is 20.8 Å². The lowest BCUT2D eigenvalue weighted by molar-refractivity contribution is 0.650. The zero-order valence-corrected chi connectivity index (χ0v) is 19.0. The standard InChI is InChI=1S/C30H31N/c1-5-28(20-24-14-17-25-8-6-7-9-27(25)19-24)31-30(26-15-11-21(2)12-16-26)29-18-22(3)10-13-23(29)4/h6-19,28H,5,20H2,1-4H3. The molecule has 0 fully saturated rings. The summed E-state index contributed by atoms with van der Waals surface area (Å²) >= 11 is 0. The number of nitrogens with zero attached hydrogens (tertiary/aromatic N) is 1. The van der Waals surface area contributed by atoms with Crippen LogP contribution in [0.2, 0.25) is 0 Å². The number of rotatable bonds is 6. The van der Waals surface area contributed by atoms with Gasteiger partial charge < -0.3 is 0 Å². The second kappa shape index (κ2) is 9.31. The lowest BCUT2D eigenvalue weighted by Crippen LogP contribution is -2.14. The van der Waals surface area contributed by atoms with Crippen LogP contribution in [-0.4, -0.2) is 11.8 Å². The minimum absolute atomic E-state index is 0.234. The van der Waals surface area contributed by atoms with Crippen molar-refractivity contribution in [1.29, 1.82) is 0 Å². The van der Waals surface area contributed by atoms with E-state index < -0.39 is 0 Å². The summed E-state index contributed by atoms with van der Waals surface area (Å²) in [5, 5.41) is 2.59. The van der Waals surface area contributed by atoms with Crippen LogP contribution in [-0.2, 0) is 6.42 Å². The summed E-state index contributed by atoms with van der Waals surface area (Å²) in [5.74, 6) is 0. The molecule has 0 saturated carbocycles. The van der Waals surface area contributed by atoms with Gasteiger partial charge >= 0.3 is 0 Å². The van der Waals surface area contributed by atoms with Crippen LogP contribution in [0.15, 0.2) is 89.9 Å². The van der Waals surface area contributed by atoms with Crippen molar-refractivity contribution in [3.05, 3.63) is 118 Å². The van der Waals surface area contributed by atoms with Crippen LogP contribution in [0.1, 0.15) is 46.7 Å². The van der Waals surface area contributed by atoms with Gasteiger partial charge in [-0.2, -0.15) is 0 Å². The average molecular weight is 406 g/mol. The highest BCUT2D eigenvalue weighted by atomic mass is 14.8. The predicted octanol–water partition coefficient (Wildman–Crippen LogP) is 7.62. The summed E-state index contributed by atoms with van der Waals surface area (Å²) in [5.41, 5.74) is 8.69. The zero-order valence-electron chi connectivity index (χ0n) is 19.0. The molecule has 0 aliphatic rings. The largest absolute Gasteiger partial charge is 0.280 e. The quantitative estimate of drug-likeness (QED) is 0.292. The molecule has 0 N–H and O–H groups in total. The maximum absolute atomic E-state index is 5.36. The van der Waals surface area contributed by atoms with E-state index in [4.69, 9.17) is 4.99 Å². The van der Waals surface area contributed by atoms with Gasteiger partial charge in [-0.05, 0) is 61.6 Å². The SMILES string of the molecule is CCC(Cc1ccc2ccccc2c1)N=C(c1ccc(C)cc1)c1cc(C)ccc1C. The highest BCUT2D eigenvalue weighted by molar-refractivity contribution is 6.14. The maximum Gasteiger partial charge on any atom is 0.0725 e. The third-order valence-electron chi connectivity index (χ3n) is 6.04. The molecule has 4 rings (SSSR count). The molecule has 0 amide bonds. The number of aliphatic imine (C=N–C) groups is 1.